The van der Waals surface area contributed by atoms with Gasteiger partial charge in [0.2, 0.25) is 0 Å². The first-order chi connectivity index (χ1) is 29.0. The number of carbonyl (C=O) groups excluding carboxylic acids is 1. The summed E-state index contributed by atoms with van der Waals surface area (Å²) in [6.07, 6.45) is 7.60. The van der Waals surface area contributed by atoms with Crippen molar-refractivity contribution in [3.8, 4) is 22.9 Å². The number of nitrogens with zero attached hydrogens (tertiary/aromatic N) is 7. The van der Waals surface area contributed by atoms with Crippen LogP contribution in [0.4, 0.5) is 15.0 Å². The fourth-order valence-corrected chi connectivity index (χ4v) is 9.47. The number of piperazine rings is 1. The molecule has 0 spiro atoms. The van der Waals surface area contributed by atoms with Crippen LogP contribution in [0.2, 0.25) is 0 Å². The minimum Gasteiger partial charge on any atom is -0.483 e. The Balaban J connectivity index is 1.19. The summed E-state index contributed by atoms with van der Waals surface area (Å²) in [5.74, 6) is 0.938. The second-order valence-electron chi connectivity index (χ2n) is 18.1. The molecule has 1 unspecified atom stereocenters. The number of hydrogen-bond acceptors (Lipinski definition) is 11. The Kier molecular flexibility index (Phi) is 10.1. The summed E-state index contributed by atoms with van der Waals surface area (Å²) in [5, 5.41) is 5.65. The highest BCUT2D eigenvalue weighted by Gasteiger charge is 2.48. The molecule has 4 atom stereocenters. The number of amides is 1. The zero-order valence-corrected chi connectivity index (χ0v) is 35.2. The number of halogens is 1. The van der Waals surface area contributed by atoms with Crippen molar-refractivity contribution in [2.24, 2.45) is 0 Å². The Morgan fingerprint density at radius 1 is 0.933 bits per heavy atom. The molecule has 2 aromatic carbocycles. The Morgan fingerprint density at radius 3 is 2.43 bits per heavy atom. The van der Waals surface area contributed by atoms with Gasteiger partial charge in [-0.25, -0.2) is 18.9 Å². The molecule has 13 nitrogen and oxygen atoms in total. The van der Waals surface area contributed by atoms with Crippen molar-refractivity contribution in [3.63, 3.8) is 0 Å². The van der Waals surface area contributed by atoms with Gasteiger partial charge >= 0.3 is 12.1 Å². The Labute approximate surface area is 349 Å². The summed E-state index contributed by atoms with van der Waals surface area (Å²) in [7, 11) is 0. The Morgan fingerprint density at radius 2 is 1.73 bits per heavy atom. The average molecular weight is 820 g/mol. The van der Waals surface area contributed by atoms with E-state index in [1.54, 1.807) is 6.07 Å². The molecule has 0 N–H and O–H groups in total. The maximum absolute atomic E-state index is 16.6. The number of anilines is 1. The van der Waals surface area contributed by atoms with E-state index in [1.807, 2.05) is 80.7 Å². The predicted molar refractivity (Wildman–Crippen MR) is 224 cm³/mol. The molecular weight excluding hydrogens is 766 g/mol. The third-order valence-electron chi connectivity index (χ3n) is 12.7. The molecule has 3 aromatic heterocycles. The van der Waals surface area contributed by atoms with Gasteiger partial charge in [0.25, 0.3) is 0 Å². The van der Waals surface area contributed by atoms with E-state index in [-0.39, 0.29) is 48.3 Å². The lowest BCUT2D eigenvalue weighted by atomic mass is 9.92. The van der Waals surface area contributed by atoms with Gasteiger partial charge in [0.15, 0.2) is 17.8 Å². The lowest BCUT2D eigenvalue weighted by Gasteiger charge is -2.36. The number of carbonyl (C=O) groups is 1. The summed E-state index contributed by atoms with van der Waals surface area (Å²) < 4.78 is 49.9. The van der Waals surface area contributed by atoms with Gasteiger partial charge in [0.1, 0.15) is 34.7 Å². The van der Waals surface area contributed by atoms with E-state index < -0.39 is 11.7 Å². The molecule has 4 aliphatic heterocycles. The summed E-state index contributed by atoms with van der Waals surface area (Å²) in [6.45, 7) is 12.4. The van der Waals surface area contributed by atoms with Crippen molar-refractivity contribution >= 4 is 33.8 Å². The molecule has 5 aliphatic rings. The molecule has 60 heavy (non-hydrogen) atoms. The molecule has 14 heteroatoms. The topological polar surface area (TPSA) is 126 Å². The van der Waals surface area contributed by atoms with Gasteiger partial charge in [-0.15, -0.1) is 0 Å². The van der Waals surface area contributed by atoms with Crippen LogP contribution >= 0.6 is 0 Å². The zero-order chi connectivity index (χ0) is 41.3. The normalized spacial score (nSPS) is 22.8. The first-order valence-electron chi connectivity index (χ1n) is 21.8. The van der Waals surface area contributed by atoms with E-state index in [9.17, 15) is 4.79 Å². The number of likely N-dealkylation sites (tertiary alicyclic amines) is 1. The van der Waals surface area contributed by atoms with Gasteiger partial charge in [-0.05, 0) is 84.3 Å². The predicted octanol–water partition coefficient (Wildman–Crippen LogP) is 8.96. The molecule has 10 rings (SSSR count). The van der Waals surface area contributed by atoms with Crippen LogP contribution in [0.15, 0.2) is 42.6 Å². The maximum atomic E-state index is 16.6. The minimum absolute atomic E-state index is 0.0204. The third-order valence-corrected chi connectivity index (χ3v) is 12.7. The monoisotopic (exact) mass is 819 g/mol. The van der Waals surface area contributed by atoms with E-state index in [4.69, 9.17) is 43.7 Å². The third kappa shape index (κ3) is 7.29. The van der Waals surface area contributed by atoms with Crippen molar-refractivity contribution in [2.45, 2.75) is 128 Å². The number of hydrogen-bond donors (Lipinski definition) is 0. The number of fused-ring (bicyclic) bond motifs is 4. The first kappa shape index (κ1) is 39.1. The fourth-order valence-electron chi connectivity index (χ4n) is 9.47. The number of ether oxygens (including phenoxy) is 5. The molecule has 4 saturated heterocycles. The van der Waals surface area contributed by atoms with E-state index in [1.165, 1.54) is 0 Å². The van der Waals surface area contributed by atoms with Crippen LogP contribution in [0, 0.1) is 12.7 Å². The Hall–Kier alpha value is -5.08. The van der Waals surface area contributed by atoms with Gasteiger partial charge in [-0.1, -0.05) is 30.3 Å². The lowest BCUT2D eigenvalue weighted by molar-refractivity contribution is -0.0366. The van der Waals surface area contributed by atoms with Gasteiger partial charge in [-0.2, -0.15) is 15.1 Å². The van der Waals surface area contributed by atoms with Crippen LogP contribution in [-0.4, -0.2) is 92.4 Å². The van der Waals surface area contributed by atoms with Crippen LogP contribution in [0.5, 0.6) is 11.8 Å². The molecule has 1 saturated carbocycles. The second-order valence-corrected chi connectivity index (χ2v) is 18.1. The minimum atomic E-state index is -0.597. The van der Waals surface area contributed by atoms with E-state index in [0.29, 0.717) is 85.0 Å². The zero-order valence-electron chi connectivity index (χ0n) is 35.2. The smallest absolute Gasteiger partial charge is 0.410 e. The standard InChI is InChI=1S/C46H54FN7O6/c1-26-34(47)22-35-33(23-48-54(35)36-13-9-10-18-57-36)37(26)38-39(29-14-15-29)49-41-40(42(38)58-27(2)28-11-7-6-8-12-28)50-44(59-32-16-19-56-20-17-32)51-43(41)52-24-31-21-30(52)25-53(31)45(55)60-46(3,4)5/h6-8,11-12,22-23,27,29-32,36H,9-10,13-21,24-25H2,1-5H3/t27-,30-,31-,36?/m0/s1. The molecule has 7 heterocycles. The largest absolute Gasteiger partial charge is 0.483 e. The molecule has 316 valence electrons. The number of aromatic nitrogens is 5. The van der Waals surface area contributed by atoms with E-state index >= 15 is 4.39 Å². The first-order valence-corrected chi connectivity index (χ1v) is 21.8. The molecule has 5 aromatic rings. The molecular formula is C46H54FN7O6. The molecule has 2 bridgehead atoms. The highest BCUT2D eigenvalue weighted by Crippen LogP contribution is 2.53. The maximum Gasteiger partial charge on any atom is 0.410 e. The van der Waals surface area contributed by atoms with Crippen molar-refractivity contribution in [3.05, 3.63) is 65.2 Å². The fraction of sp³-hybridized carbons (Fsp3) is 0.543. The number of pyridine rings is 1. The molecule has 5 fully saturated rings. The van der Waals surface area contributed by atoms with Crippen LogP contribution in [-0.2, 0) is 14.2 Å². The van der Waals surface area contributed by atoms with Crippen LogP contribution in [0.25, 0.3) is 33.1 Å². The van der Waals surface area contributed by atoms with Gasteiger partial charge in [0.05, 0.1) is 42.7 Å². The van der Waals surface area contributed by atoms with Gasteiger partial charge in [-0.3, -0.25) is 0 Å². The molecule has 1 aliphatic carbocycles. The van der Waals surface area contributed by atoms with Gasteiger partial charge in [0, 0.05) is 61.0 Å². The van der Waals surface area contributed by atoms with E-state index in [0.717, 1.165) is 60.7 Å². The van der Waals surface area contributed by atoms with Crippen molar-refractivity contribution in [1.82, 2.24) is 29.6 Å². The quantitative estimate of drug-likeness (QED) is 0.142. The summed E-state index contributed by atoms with van der Waals surface area (Å²) in [6, 6.07) is 11.8. The Bertz CT molecular complexity index is 2420. The summed E-state index contributed by atoms with van der Waals surface area (Å²) in [5.41, 5.74) is 4.88. The summed E-state index contributed by atoms with van der Waals surface area (Å²) >= 11 is 0. The highest BCUT2D eigenvalue weighted by atomic mass is 19.1. The number of benzene rings is 2. The van der Waals surface area contributed by atoms with E-state index in [2.05, 4.69) is 4.90 Å². The van der Waals surface area contributed by atoms with Crippen molar-refractivity contribution < 1.29 is 32.9 Å². The van der Waals surface area contributed by atoms with Crippen LogP contribution in [0.3, 0.4) is 0 Å². The molecule has 1 amide bonds. The van der Waals surface area contributed by atoms with Crippen molar-refractivity contribution in [2.75, 3.05) is 37.8 Å². The van der Waals surface area contributed by atoms with Crippen LogP contribution < -0.4 is 14.4 Å². The average Bonchev–Trinajstić information content (AvgIpc) is 3.68. The van der Waals surface area contributed by atoms with Crippen LogP contribution in [0.1, 0.15) is 114 Å². The summed E-state index contributed by atoms with van der Waals surface area (Å²) in [4.78, 5) is 33.4. The second kappa shape index (κ2) is 15.4. The van der Waals surface area contributed by atoms with Gasteiger partial charge < -0.3 is 33.5 Å². The molecule has 0 radical (unpaired) electrons. The highest BCUT2D eigenvalue weighted by molar-refractivity contribution is 6.04. The number of rotatable bonds is 9. The van der Waals surface area contributed by atoms with Crippen molar-refractivity contribution in [1.29, 1.82) is 0 Å². The SMILES string of the molecule is Cc1c(F)cc2c(cnn2C2CCCCO2)c1-c1c(C2CC2)nc2c(N3C[C@@H]4C[C@H]3CN4C(=O)OC(C)(C)C)nc(OC3CCOCC3)nc2c1O[C@@H](C)c1ccccc1. The lowest BCUT2D eigenvalue weighted by Crippen LogP contribution is -2.50.